The van der Waals surface area contributed by atoms with Gasteiger partial charge in [-0.3, -0.25) is 0 Å². The number of hydrogen-bond donors (Lipinski definition) is 1. The van der Waals surface area contributed by atoms with Crippen molar-refractivity contribution in [3.63, 3.8) is 0 Å². The minimum absolute atomic E-state index is 0.353. The van der Waals surface area contributed by atoms with E-state index in [1.54, 1.807) is 0 Å². The predicted octanol–water partition coefficient (Wildman–Crippen LogP) is 2.35. The molecule has 1 N–H and O–H groups in total. The molecule has 1 saturated carbocycles. The molecular weight excluding hydrogens is 184 g/mol. The molecule has 1 aliphatic rings. The lowest BCUT2D eigenvalue weighted by Crippen LogP contribution is -2.47. The van der Waals surface area contributed by atoms with Crippen LogP contribution in [0.25, 0.3) is 0 Å². The fourth-order valence-corrected chi connectivity index (χ4v) is 2.05. The summed E-state index contributed by atoms with van der Waals surface area (Å²) in [5.41, 5.74) is 0.353. The average Bonchev–Trinajstić information content (AvgIpc) is 2.93. The Morgan fingerprint density at radius 1 is 1.33 bits per heavy atom. The first-order valence-electron chi connectivity index (χ1n) is 6.37. The Balaban J connectivity index is 2.39. The standard InChI is InChI=1S/C13H28N2/c1-6-15(9-11-7-8-11)10-12(14-5)13(2,3)4/h11-12,14H,6-10H2,1-5H3. The van der Waals surface area contributed by atoms with Gasteiger partial charge < -0.3 is 10.2 Å². The molecule has 0 bridgehead atoms. The van der Waals surface area contributed by atoms with Crippen LogP contribution < -0.4 is 5.32 Å². The van der Waals surface area contributed by atoms with Crippen molar-refractivity contribution in [2.75, 3.05) is 26.7 Å². The van der Waals surface area contributed by atoms with Crippen LogP contribution in [-0.2, 0) is 0 Å². The van der Waals surface area contributed by atoms with Gasteiger partial charge in [-0.15, -0.1) is 0 Å². The first kappa shape index (κ1) is 13.0. The highest BCUT2D eigenvalue weighted by Crippen LogP contribution is 2.30. The maximum absolute atomic E-state index is 3.46. The number of hydrogen-bond acceptors (Lipinski definition) is 2. The third-order valence-corrected chi connectivity index (χ3v) is 3.50. The molecule has 0 spiro atoms. The van der Waals surface area contributed by atoms with Gasteiger partial charge in [-0.2, -0.15) is 0 Å². The van der Waals surface area contributed by atoms with Crippen molar-refractivity contribution in [1.29, 1.82) is 0 Å². The topological polar surface area (TPSA) is 15.3 Å². The molecule has 0 radical (unpaired) electrons. The number of nitrogens with zero attached hydrogens (tertiary/aromatic N) is 1. The molecule has 90 valence electrons. The zero-order valence-corrected chi connectivity index (χ0v) is 11.1. The van der Waals surface area contributed by atoms with Crippen LogP contribution in [0.4, 0.5) is 0 Å². The normalized spacial score (nSPS) is 19.6. The highest BCUT2D eigenvalue weighted by Gasteiger charge is 2.28. The summed E-state index contributed by atoms with van der Waals surface area (Å²) in [6, 6.07) is 0.594. The van der Waals surface area contributed by atoms with Crippen LogP contribution in [0, 0.1) is 11.3 Å². The van der Waals surface area contributed by atoms with Crippen LogP contribution in [0.5, 0.6) is 0 Å². The summed E-state index contributed by atoms with van der Waals surface area (Å²) in [5.74, 6) is 1.00. The van der Waals surface area contributed by atoms with Crippen molar-refractivity contribution in [3.8, 4) is 0 Å². The Morgan fingerprint density at radius 2 is 1.93 bits per heavy atom. The number of nitrogens with one attached hydrogen (secondary N) is 1. The molecule has 0 aromatic rings. The number of likely N-dealkylation sites (N-methyl/N-ethyl adjacent to an activating group) is 2. The summed E-state index contributed by atoms with van der Waals surface area (Å²) < 4.78 is 0. The molecule has 0 heterocycles. The zero-order chi connectivity index (χ0) is 11.5. The van der Waals surface area contributed by atoms with E-state index < -0.39 is 0 Å². The first-order valence-corrected chi connectivity index (χ1v) is 6.37. The maximum atomic E-state index is 3.46. The van der Waals surface area contributed by atoms with E-state index in [-0.39, 0.29) is 0 Å². The van der Waals surface area contributed by atoms with E-state index in [1.807, 2.05) is 0 Å². The average molecular weight is 212 g/mol. The van der Waals surface area contributed by atoms with Crippen LogP contribution in [0.3, 0.4) is 0 Å². The van der Waals surface area contributed by atoms with Gasteiger partial charge in [-0.05, 0) is 37.8 Å². The molecule has 1 atom stereocenters. The third kappa shape index (κ3) is 4.52. The summed E-state index contributed by atoms with van der Waals surface area (Å²) in [6.07, 6.45) is 2.91. The summed E-state index contributed by atoms with van der Waals surface area (Å²) in [6.45, 7) is 12.9. The monoisotopic (exact) mass is 212 g/mol. The molecular formula is C13H28N2. The Morgan fingerprint density at radius 3 is 2.27 bits per heavy atom. The van der Waals surface area contributed by atoms with Crippen LogP contribution in [-0.4, -0.2) is 37.6 Å². The number of rotatable bonds is 6. The molecule has 0 aromatic carbocycles. The van der Waals surface area contributed by atoms with Gasteiger partial charge in [0.15, 0.2) is 0 Å². The van der Waals surface area contributed by atoms with E-state index in [0.717, 1.165) is 5.92 Å². The first-order chi connectivity index (χ1) is 6.97. The van der Waals surface area contributed by atoms with Crippen molar-refractivity contribution < 1.29 is 0 Å². The molecule has 1 fully saturated rings. The van der Waals surface area contributed by atoms with Gasteiger partial charge in [-0.1, -0.05) is 27.7 Å². The van der Waals surface area contributed by atoms with E-state index in [1.165, 1.54) is 32.5 Å². The van der Waals surface area contributed by atoms with E-state index in [4.69, 9.17) is 0 Å². The minimum atomic E-state index is 0.353. The molecule has 0 amide bonds. The van der Waals surface area contributed by atoms with E-state index in [9.17, 15) is 0 Å². The van der Waals surface area contributed by atoms with Crippen molar-refractivity contribution in [1.82, 2.24) is 10.2 Å². The molecule has 0 aliphatic heterocycles. The fourth-order valence-electron chi connectivity index (χ4n) is 2.05. The Hall–Kier alpha value is -0.0800. The quantitative estimate of drug-likeness (QED) is 0.727. The summed E-state index contributed by atoms with van der Waals surface area (Å²) in [4.78, 5) is 2.60. The van der Waals surface area contributed by atoms with Gasteiger partial charge >= 0.3 is 0 Å². The van der Waals surface area contributed by atoms with Crippen LogP contribution in [0.2, 0.25) is 0 Å². The highest BCUT2D eigenvalue weighted by atomic mass is 15.1. The fraction of sp³-hybridized carbons (Fsp3) is 1.00. The third-order valence-electron chi connectivity index (χ3n) is 3.50. The predicted molar refractivity (Wildman–Crippen MR) is 67.1 cm³/mol. The summed E-state index contributed by atoms with van der Waals surface area (Å²) >= 11 is 0. The van der Waals surface area contributed by atoms with Crippen molar-refractivity contribution >= 4 is 0 Å². The van der Waals surface area contributed by atoms with Crippen molar-refractivity contribution in [2.45, 2.75) is 46.6 Å². The lowest BCUT2D eigenvalue weighted by molar-refractivity contribution is 0.179. The van der Waals surface area contributed by atoms with Crippen LogP contribution in [0.15, 0.2) is 0 Å². The van der Waals surface area contributed by atoms with Gasteiger partial charge in [0.25, 0.3) is 0 Å². The Kier molecular flexibility index (Phi) is 4.60. The molecule has 0 aromatic heterocycles. The lowest BCUT2D eigenvalue weighted by Gasteiger charge is -2.35. The van der Waals surface area contributed by atoms with Gasteiger partial charge in [0.05, 0.1) is 0 Å². The van der Waals surface area contributed by atoms with Gasteiger partial charge in [0.1, 0.15) is 0 Å². The second kappa shape index (κ2) is 5.31. The zero-order valence-electron chi connectivity index (χ0n) is 11.1. The molecule has 1 aliphatic carbocycles. The van der Waals surface area contributed by atoms with Crippen LogP contribution >= 0.6 is 0 Å². The lowest BCUT2D eigenvalue weighted by atomic mass is 9.86. The summed E-state index contributed by atoms with van der Waals surface area (Å²) in [7, 11) is 2.08. The maximum Gasteiger partial charge on any atom is 0.0240 e. The van der Waals surface area contributed by atoms with Crippen LogP contribution in [0.1, 0.15) is 40.5 Å². The molecule has 15 heavy (non-hydrogen) atoms. The van der Waals surface area contributed by atoms with Crippen molar-refractivity contribution in [2.24, 2.45) is 11.3 Å². The van der Waals surface area contributed by atoms with E-state index in [0.29, 0.717) is 11.5 Å². The second-order valence-corrected chi connectivity index (χ2v) is 6.00. The highest BCUT2D eigenvalue weighted by molar-refractivity contribution is 4.84. The SMILES string of the molecule is CCN(CC1CC1)CC(NC)C(C)(C)C. The smallest absolute Gasteiger partial charge is 0.0240 e. The molecule has 2 nitrogen and oxygen atoms in total. The minimum Gasteiger partial charge on any atom is -0.315 e. The second-order valence-electron chi connectivity index (χ2n) is 6.00. The van der Waals surface area contributed by atoms with Gasteiger partial charge in [0, 0.05) is 19.1 Å². The van der Waals surface area contributed by atoms with E-state index in [2.05, 4.69) is 45.0 Å². The molecule has 1 rings (SSSR count). The molecule has 0 saturated heterocycles. The Bertz CT molecular complexity index is 179. The molecule has 1 unspecified atom stereocenters. The largest absolute Gasteiger partial charge is 0.315 e. The summed E-state index contributed by atoms with van der Waals surface area (Å²) in [5, 5.41) is 3.46. The van der Waals surface area contributed by atoms with Crippen molar-refractivity contribution in [3.05, 3.63) is 0 Å². The van der Waals surface area contributed by atoms with Gasteiger partial charge in [-0.25, -0.2) is 0 Å². The molecule has 2 heteroatoms. The van der Waals surface area contributed by atoms with Gasteiger partial charge in [0.2, 0.25) is 0 Å². The van der Waals surface area contributed by atoms with E-state index >= 15 is 0 Å². The Labute approximate surface area is 95.4 Å².